The number of hydrogen-bond donors (Lipinski definition) is 1. The highest BCUT2D eigenvalue weighted by Crippen LogP contribution is 2.13. The Bertz CT molecular complexity index is 294. The Kier molecular flexibility index (Phi) is 7.54. The number of benzene rings is 1. The zero-order chi connectivity index (χ0) is 12.5. The molecule has 0 aromatic heterocycles. The Balaban J connectivity index is 2.37. The molecule has 96 valence electrons. The number of nitrogens with one attached hydrogen (secondary N) is 1. The fourth-order valence-corrected chi connectivity index (χ4v) is 2.30. The van der Waals surface area contributed by atoms with Gasteiger partial charge in [-0.05, 0) is 49.9 Å². The van der Waals surface area contributed by atoms with Crippen molar-refractivity contribution in [3.63, 3.8) is 0 Å². The van der Waals surface area contributed by atoms with Gasteiger partial charge in [0.25, 0.3) is 0 Å². The van der Waals surface area contributed by atoms with Crippen LogP contribution in [-0.2, 0) is 6.42 Å². The van der Waals surface area contributed by atoms with Crippen molar-refractivity contribution in [3.05, 3.63) is 34.3 Å². The van der Waals surface area contributed by atoms with Crippen molar-refractivity contribution in [2.24, 2.45) is 0 Å². The molecule has 1 N–H and O–H groups in total. The van der Waals surface area contributed by atoms with Crippen molar-refractivity contribution in [2.75, 3.05) is 6.54 Å². The maximum Gasteiger partial charge on any atom is 0.0175 e. The summed E-state index contributed by atoms with van der Waals surface area (Å²) in [6, 6.07) is 9.37. The van der Waals surface area contributed by atoms with Crippen molar-refractivity contribution in [1.82, 2.24) is 5.32 Å². The number of hydrogen-bond acceptors (Lipinski definition) is 1. The van der Waals surface area contributed by atoms with Gasteiger partial charge in [0.2, 0.25) is 0 Å². The van der Waals surface area contributed by atoms with Gasteiger partial charge in [-0.25, -0.2) is 0 Å². The molecule has 2 heteroatoms. The van der Waals surface area contributed by atoms with E-state index in [2.05, 4.69) is 59.4 Å². The zero-order valence-electron chi connectivity index (χ0n) is 11.0. The monoisotopic (exact) mass is 297 g/mol. The summed E-state index contributed by atoms with van der Waals surface area (Å²) in [6.07, 6.45) is 6.20. The molecule has 0 aliphatic carbocycles. The standard InChI is InChI=1S/C15H24BrN/c1-3-5-15(17-12-4-2)11-8-13-6-9-14(16)10-7-13/h6-7,9-10,15,17H,3-5,8,11-12H2,1-2H3. The Hall–Kier alpha value is -0.340. The molecule has 0 saturated carbocycles. The quantitative estimate of drug-likeness (QED) is 0.742. The largest absolute Gasteiger partial charge is 0.314 e. The number of halogens is 1. The van der Waals surface area contributed by atoms with Crippen LogP contribution in [0.3, 0.4) is 0 Å². The second-order valence-corrected chi connectivity index (χ2v) is 5.52. The molecule has 0 bridgehead atoms. The van der Waals surface area contributed by atoms with Gasteiger partial charge in [-0.1, -0.05) is 48.3 Å². The van der Waals surface area contributed by atoms with Crippen LogP contribution in [0.4, 0.5) is 0 Å². The van der Waals surface area contributed by atoms with Gasteiger partial charge < -0.3 is 5.32 Å². The van der Waals surface area contributed by atoms with E-state index in [1.54, 1.807) is 0 Å². The fourth-order valence-electron chi connectivity index (χ4n) is 2.04. The molecule has 0 saturated heterocycles. The minimum Gasteiger partial charge on any atom is -0.314 e. The highest BCUT2D eigenvalue weighted by atomic mass is 79.9. The van der Waals surface area contributed by atoms with Gasteiger partial charge in [0, 0.05) is 10.5 Å². The molecule has 1 atom stereocenters. The Morgan fingerprint density at radius 3 is 2.35 bits per heavy atom. The van der Waals surface area contributed by atoms with Gasteiger partial charge in [-0.3, -0.25) is 0 Å². The van der Waals surface area contributed by atoms with E-state index >= 15 is 0 Å². The first-order valence-electron chi connectivity index (χ1n) is 6.74. The minimum absolute atomic E-state index is 0.684. The summed E-state index contributed by atoms with van der Waals surface area (Å²) in [5, 5.41) is 3.64. The predicted octanol–water partition coefficient (Wildman–Crippen LogP) is 4.55. The molecule has 1 unspecified atom stereocenters. The Labute approximate surface area is 114 Å². The molecule has 0 radical (unpaired) electrons. The maximum atomic E-state index is 3.64. The SMILES string of the molecule is CCCNC(CCC)CCc1ccc(Br)cc1. The maximum absolute atomic E-state index is 3.64. The van der Waals surface area contributed by atoms with Crippen molar-refractivity contribution < 1.29 is 0 Å². The molecule has 17 heavy (non-hydrogen) atoms. The van der Waals surface area contributed by atoms with Crippen molar-refractivity contribution >= 4 is 15.9 Å². The van der Waals surface area contributed by atoms with Crippen molar-refractivity contribution in [1.29, 1.82) is 0 Å². The summed E-state index contributed by atoms with van der Waals surface area (Å²) in [5.41, 5.74) is 1.44. The van der Waals surface area contributed by atoms with Crippen LogP contribution >= 0.6 is 15.9 Å². The normalized spacial score (nSPS) is 12.6. The summed E-state index contributed by atoms with van der Waals surface area (Å²) in [6.45, 7) is 5.63. The summed E-state index contributed by atoms with van der Waals surface area (Å²) in [4.78, 5) is 0. The smallest absolute Gasteiger partial charge is 0.0175 e. The van der Waals surface area contributed by atoms with E-state index in [4.69, 9.17) is 0 Å². The first-order chi connectivity index (χ1) is 8.26. The van der Waals surface area contributed by atoms with Crippen LogP contribution in [0.5, 0.6) is 0 Å². The van der Waals surface area contributed by atoms with E-state index < -0.39 is 0 Å². The summed E-state index contributed by atoms with van der Waals surface area (Å²) >= 11 is 3.47. The predicted molar refractivity (Wildman–Crippen MR) is 79.5 cm³/mol. The lowest BCUT2D eigenvalue weighted by Gasteiger charge is -2.17. The average molecular weight is 298 g/mol. The van der Waals surface area contributed by atoms with Crippen LogP contribution in [-0.4, -0.2) is 12.6 Å². The van der Waals surface area contributed by atoms with Crippen LogP contribution in [0, 0.1) is 0 Å². The van der Waals surface area contributed by atoms with Crippen LogP contribution in [0.1, 0.15) is 45.1 Å². The van der Waals surface area contributed by atoms with Gasteiger partial charge in [-0.2, -0.15) is 0 Å². The molecule has 1 aromatic rings. The van der Waals surface area contributed by atoms with Crippen LogP contribution in [0.2, 0.25) is 0 Å². The van der Waals surface area contributed by atoms with Gasteiger partial charge in [0.15, 0.2) is 0 Å². The molecular weight excluding hydrogens is 274 g/mol. The molecule has 1 rings (SSSR count). The van der Waals surface area contributed by atoms with Gasteiger partial charge >= 0.3 is 0 Å². The lowest BCUT2D eigenvalue weighted by atomic mass is 10.0. The molecule has 0 heterocycles. The number of rotatable bonds is 8. The third-order valence-corrected chi connectivity index (χ3v) is 3.54. The summed E-state index contributed by atoms with van der Waals surface area (Å²) < 4.78 is 1.16. The van der Waals surface area contributed by atoms with E-state index in [1.165, 1.54) is 37.7 Å². The highest BCUT2D eigenvalue weighted by Gasteiger charge is 2.06. The van der Waals surface area contributed by atoms with Crippen LogP contribution < -0.4 is 5.32 Å². The van der Waals surface area contributed by atoms with E-state index in [1.807, 2.05) is 0 Å². The number of aryl methyl sites for hydroxylation is 1. The van der Waals surface area contributed by atoms with E-state index in [9.17, 15) is 0 Å². The second-order valence-electron chi connectivity index (χ2n) is 4.60. The van der Waals surface area contributed by atoms with E-state index in [0.717, 1.165) is 11.0 Å². The van der Waals surface area contributed by atoms with Crippen molar-refractivity contribution in [3.8, 4) is 0 Å². The lowest BCUT2D eigenvalue weighted by molar-refractivity contribution is 0.449. The molecule has 0 fully saturated rings. The lowest BCUT2D eigenvalue weighted by Crippen LogP contribution is -2.30. The van der Waals surface area contributed by atoms with Crippen LogP contribution in [0.15, 0.2) is 28.7 Å². The molecule has 1 nitrogen and oxygen atoms in total. The fraction of sp³-hybridized carbons (Fsp3) is 0.600. The van der Waals surface area contributed by atoms with Crippen LogP contribution in [0.25, 0.3) is 0 Å². The first kappa shape index (κ1) is 14.7. The summed E-state index contributed by atoms with van der Waals surface area (Å²) in [5.74, 6) is 0. The van der Waals surface area contributed by atoms with E-state index in [-0.39, 0.29) is 0 Å². The molecule has 1 aromatic carbocycles. The third kappa shape index (κ3) is 6.23. The van der Waals surface area contributed by atoms with Crippen molar-refractivity contribution in [2.45, 2.75) is 52.0 Å². The minimum atomic E-state index is 0.684. The average Bonchev–Trinajstić information content (AvgIpc) is 2.35. The van der Waals surface area contributed by atoms with Gasteiger partial charge in [0.1, 0.15) is 0 Å². The van der Waals surface area contributed by atoms with E-state index in [0.29, 0.717) is 6.04 Å². The molecular formula is C15H24BrN. The van der Waals surface area contributed by atoms with Gasteiger partial charge in [-0.15, -0.1) is 0 Å². The first-order valence-corrected chi connectivity index (χ1v) is 7.53. The second kappa shape index (κ2) is 8.71. The molecule has 0 amide bonds. The highest BCUT2D eigenvalue weighted by molar-refractivity contribution is 9.10. The Morgan fingerprint density at radius 1 is 1.06 bits per heavy atom. The molecule has 0 spiro atoms. The molecule has 0 aliphatic rings. The summed E-state index contributed by atoms with van der Waals surface area (Å²) in [7, 11) is 0. The van der Waals surface area contributed by atoms with Gasteiger partial charge in [0.05, 0.1) is 0 Å². The Morgan fingerprint density at radius 2 is 1.76 bits per heavy atom. The molecule has 0 aliphatic heterocycles. The topological polar surface area (TPSA) is 12.0 Å². The zero-order valence-corrected chi connectivity index (χ0v) is 12.6. The third-order valence-electron chi connectivity index (χ3n) is 3.01.